The quantitative estimate of drug-likeness (QED) is 0.485. The van der Waals surface area contributed by atoms with E-state index in [-0.39, 0.29) is 5.83 Å². The Labute approximate surface area is 159 Å². The first-order valence-electron chi connectivity index (χ1n) is 7.72. The van der Waals surface area contributed by atoms with Crippen LogP contribution >= 0.6 is 23.2 Å². The molecule has 0 heterocycles. The zero-order valence-electron chi connectivity index (χ0n) is 15.1. The van der Waals surface area contributed by atoms with Crippen LogP contribution in [-0.4, -0.2) is 20.8 Å². The van der Waals surface area contributed by atoms with E-state index in [1.807, 2.05) is 19.9 Å². The molecule has 0 saturated carbocycles. The van der Waals surface area contributed by atoms with Crippen LogP contribution in [0.25, 0.3) is 6.08 Å². The van der Waals surface area contributed by atoms with Gasteiger partial charge in [0, 0.05) is 18.2 Å². The van der Waals surface area contributed by atoms with Crippen molar-refractivity contribution in [2.75, 3.05) is 20.8 Å². The monoisotopic (exact) mass is 384 g/mol. The van der Waals surface area contributed by atoms with E-state index < -0.39 is 0 Å². The first-order valence-corrected chi connectivity index (χ1v) is 8.48. The van der Waals surface area contributed by atoms with Crippen molar-refractivity contribution in [2.24, 2.45) is 0 Å². The van der Waals surface area contributed by atoms with Gasteiger partial charge < -0.3 is 9.47 Å². The molecule has 0 saturated heterocycles. The predicted molar refractivity (Wildman–Crippen MR) is 105 cm³/mol. The van der Waals surface area contributed by atoms with Gasteiger partial charge in [-0.15, -0.1) is 0 Å². The second kappa shape index (κ2) is 10.4. The van der Waals surface area contributed by atoms with Crippen molar-refractivity contribution in [3.63, 3.8) is 0 Å². The highest BCUT2D eigenvalue weighted by molar-refractivity contribution is 6.38. The van der Waals surface area contributed by atoms with Crippen molar-refractivity contribution in [1.29, 1.82) is 0 Å². The van der Waals surface area contributed by atoms with Crippen molar-refractivity contribution in [1.82, 2.24) is 0 Å². The molecule has 0 N–H and O–H groups in total. The number of ether oxygens (including phenoxy) is 2. The van der Waals surface area contributed by atoms with Crippen molar-refractivity contribution < 1.29 is 13.9 Å². The fraction of sp³-hybridized carbons (Fsp3) is 0.300. The molecule has 0 bridgehead atoms. The normalized spacial score (nSPS) is 13.7. The molecule has 0 atom stereocenters. The van der Waals surface area contributed by atoms with Gasteiger partial charge in [-0.05, 0) is 38.5 Å². The highest BCUT2D eigenvalue weighted by Gasteiger charge is 2.11. The lowest BCUT2D eigenvalue weighted by molar-refractivity contribution is 0.233. The summed E-state index contributed by atoms with van der Waals surface area (Å²) in [5.74, 6) is 0.283. The SMILES string of the molecule is COC/C=C(C)/C=C/C(F)=C(C)/C=C/c1c(Cl)cc(OC)c(C)c1Cl. The van der Waals surface area contributed by atoms with Crippen LogP contribution in [0.5, 0.6) is 5.75 Å². The number of rotatable bonds is 7. The Hall–Kier alpha value is -1.55. The van der Waals surface area contributed by atoms with E-state index >= 15 is 0 Å². The maximum atomic E-state index is 14.2. The summed E-state index contributed by atoms with van der Waals surface area (Å²) in [6.07, 6.45) is 8.34. The van der Waals surface area contributed by atoms with Gasteiger partial charge in [0.05, 0.1) is 23.8 Å². The van der Waals surface area contributed by atoms with Crippen LogP contribution in [0.4, 0.5) is 4.39 Å². The molecular weight excluding hydrogens is 362 g/mol. The van der Waals surface area contributed by atoms with Crippen LogP contribution in [-0.2, 0) is 4.74 Å². The molecule has 0 aromatic heterocycles. The maximum Gasteiger partial charge on any atom is 0.126 e. The largest absolute Gasteiger partial charge is 0.496 e. The number of halogens is 3. The van der Waals surface area contributed by atoms with Gasteiger partial charge in [-0.25, -0.2) is 4.39 Å². The molecule has 0 aliphatic rings. The summed E-state index contributed by atoms with van der Waals surface area (Å²) in [6.45, 7) is 5.90. The number of hydrogen-bond donors (Lipinski definition) is 0. The van der Waals surface area contributed by atoms with Gasteiger partial charge in [0.25, 0.3) is 0 Å². The van der Waals surface area contributed by atoms with Crippen LogP contribution in [0.1, 0.15) is 25.0 Å². The summed E-state index contributed by atoms with van der Waals surface area (Å²) in [5.41, 5.74) is 2.81. The summed E-state index contributed by atoms with van der Waals surface area (Å²) >= 11 is 12.6. The van der Waals surface area contributed by atoms with Gasteiger partial charge in [-0.2, -0.15) is 0 Å². The molecule has 0 fully saturated rings. The van der Waals surface area contributed by atoms with Gasteiger partial charge in [0.1, 0.15) is 11.6 Å². The standard InChI is InChI=1S/C20H23Cl2FO2/c1-13(10-11-24-4)6-9-18(23)14(2)7-8-16-17(21)12-19(25-5)15(3)20(16)22/h6-10,12H,11H2,1-5H3/b8-7+,9-6+,13-10+,18-14-. The molecule has 0 unspecified atom stereocenters. The fourth-order valence-electron chi connectivity index (χ4n) is 1.99. The molecule has 25 heavy (non-hydrogen) atoms. The predicted octanol–water partition coefficient (Wildman–Crippen LogP) is 6.72. The van der Waals surface area contributed by atoms with E-state index in [4.69, 9.17) is 32.7 Å². The van der Waals surface area contributed by atoms with Gasteiger partial charge in [-0.1, -0.05) is 53.1 Å². The minimum absolute atomic E-state index is 0.334. The van der Waals surface area contributed by atoms with Crippen molar-refractivity contribution in [3.05, 3.63) is 68.5 Å². The number of methoxy groups -OCH3 is 2. The molecule has 1 rings (SSSR count). The van der Waals surface area contributed by atoms with Gasteiger partial charge >= 0.3 is 0 Å². The lowest BCUT2D eigenvalue weighted by atomic mass is 10.1. The fourth-order valence-corrected chi connectivity index (χ4v) is 2.55. The van der Waals surface area contributed by atoms with Crippen LogP contribution in [0, 0.1) is 6.92 Å². The summed E-state index contributed by atoms with van der Waals surface area (Å²) in [6, 6.07) is 1.70. The number of hydrogen-bond acceptors (Lipinski definition) is 2. The second-order valence-electron chi connectivity index (χ2n) is 5.51. The van der Waals surface area contributed by atoms with Gasteiger partial charge in [0.15, 0.2) is 0 Å². The lowest BCUT2D eigenvalue weighted by Gasteiger charge is -2.10. The van der Waals surface area contributed by atoms with Crippen LogP contribution in [0.3, 0.4) is 0 Å². The second-order valence-corrected chi connectivity index (χ2v) is 6.30. The Morgan fingerprint density at radius 3 is 2.44 bits per heavy atom. The Balaban J connectivity index is 3.05. The van der Waals surface area contributed by atoms with Crippen molar-refractivity contribution in [2.45, 2.75) is 20.8 Å². The Kier molecular flexibility index (Phi) is 8.98. The summed E-state index contributed by atoms with van der Waals surface area (Å²) < 4.78 is 24.3. The van der Waals surface area contributed by atoms with Crippen molar-refractivity contribution >= 4 is 29.3 Å². The van der Waals surface area contributed by atoms with Crippen molar-refractivity contribution in [3.8, 4) is 5.75 Å². The maximum absolute atomic E-state index is 14.2. The summed E-state index contributed by atoms with van der Waals surface area (Å²) in [7, 11) is 3.17. The average molecular weight is 385 g/mol. The summed E-state index contributed by atoms with van der Waals surface area (Å²) in [4.78, 5) is 0. The van der Waals surface area contributed by atoms with E-state index in [0.29, 0.717) is 33.5 Å². The zero-order chi connectivity index (χ0) is 19.0. The molecule has 1 aromatic carbocycles. The third kappa shape index (κ3) is 6.35. The molecule has 0 aliphatic heterocycles. The molecule has 2 nitrogen and oxygen atoms in total. The van der Waals surface area contributed by atoms with Crippen LogP contribution in [0.15, 0.2) is 47.3 Å². The molecule has 5 heteroatoms. The smallest absolute Gasteiger partial charge is 0.126 e. The Morgan fingerprint density at radius 1 is 1.16 bits per heavy atom. The molecular formula is C20H23Cl2FO2. The lowest BCUT2D eigenvalue weighted by Crippen LogP contribution is -1.91. The van der Waals surface area contributed by atoms with E-state index in [1.54, 1.807) is 45.4 Å². The third-order valence-electron chi connectivity index (χ3n) is 3.61. The first-order chi connectivity index (χ1) is 11.8. The molecule has 0 aliphatic carbocycles. The van der Waals surface area contributed by atoms with Crippen LogP contribution < -0.4 is 4.74 Å². The van der Waals surface area contributed by atoms with E-state index in [2.05, 4.69) is 0 Å². The van der Waals surface area contributed by atoms with E-state index in [1.165, 1.54) is 6.08 Å². The minimum Gasteiger partial charge on any atom is -0.496 e. The highest BCUT2D eigenvalue weighted by atomic mass is 35.5. The topological polar surface area (TPSA) is 18.5 Å². The van der Waals surface area contributed by atoms with E-state index in [9.17, 15) is 4.39 Å². The summed E-state index contributed by atoms with van der Waals surface area (Å²) in [5, 5.41) is 0.938. The molecule has 0 radical (unpaired) electrons. The number of benzene rings is 1. The van der Waals surface area contributed by atoms with Gasteiger partial charge in [-0.3, -0.25) is 0 Å². The Bertz CT molecular complexity index is 732. The first kappa shape index (κ1) is 21.5. The molecule has 0 spiro atoms. The number of allylic oxidation sites excluding steroid dienone is 6. The molecule has 136 valence electrons. The zero-order valence-corrected chi connectivity index (χ0v) is 16.6. The highest BCUT2D eigenvalue weighted by Crippen LogP contribution is 2.36. The van der Waals surface area contributed by atoms with Gasteiger partial charge in [0.2, 0.25) is 0 Å². The minimum atomic E-state index is -0.334. The average Bonchev–Trinajstić information content (AvgIpc) is 2.60. The van der Waals surface area contributed by atoms with E-state index in [0.717, 1.165) is 11.1 Å². The Morgan fingerprint density at radius 2 is 1.84 bits per heavy atom. The molecule has 1 aromatic rings. The van der Waals surface area contributed by atoms with Crippen LogP contribution in [0.2, 0.25) is 10.0 Å². The third-order valence-corrected chi connectivity index (χ3v) is 4.41. The molecule has 0 amide bonds.